The molecule has 0 saturated carbocycles. The van der Waals surface area contributed by atoms with Crippen LogP contribution in [0.2, 0.25) is 0 Å². The molecule has 0 heterocycles. The summed E-state index contributed by atoms with van der Waals surface area (Å²) in [5.74, 6) is 0. The zero-order valence-corrected chi connectivity index (χ0v) is 15.4. The van der Waals surface area contributed by atoms with Gasteiger partial charge in [0.25, 0.3) is 5.69 Å². The number of nitro benzene ring substituents is 1. The van der Waals surface area contributed by atoms with Crippen molar-refractivity contribution in [1.29, 1.82) is 0 Å². The maximum atomic E-state index is 12.7. The molecule has 0 fully saturated rings. The Kier molecular flexibility index (Phi) is 6.97. The summed E-state index contributed by atoms with van der Waals surface area (Å²) in [6.45, 7) is 0.396. The fraction of sp³-hybridized carbons (Fsp3) is 0.294. The molecule has 0 bridgehead atoms. The highest BCUT2D eigenvalue weighted by Crippen LogP contribution is 2.34. The van der Waals surface area contributed by atoms with E-state index in [2.05, 4.69) is 10.0 Å². The highest BCUT2D eigenvalue weighted by Gasteiger charge is 2.32. The zero-order valence-electron chi connectivity index (χ0n) is 14.6. The summed E-state index contributed by atoms with van der Waals surface area (Å²) >= 11 is 0. The fourth-order valence-corrected chi connectivity index (χ4v) is 3.47. The van der Waals surface area contributed by atoms with Gasteiger partial charge >= 0.3 is 6.18 Å². The number of anilines is 1. The Bertz CT molecular complexity index is 919. The van der Waals surface area contributed by atoms with Crippen molar-refractivity contribution in [1.82, 2.24) is 4.72 Å². The molecule has 2 aromatic carbocycles. The summed E-state index contributed by atoms with van der Waals surface area (Å²) in [5, 5.41) is 13.7. The average Bonchev–Trinajstić information content (AvgIpc) is 2.64. The number of benzene rings is 2. The smallest absolute Gasteiger partial charge is 0.379 e. The van der Waals surface area contributed by atoms with Crippen molar-refractivity contribution >= 4 is 21.4 Å². The number of hydrogen-bond donors (Lipinski definition) is 2. The van der Waals surface area contributed by atoms with E-state index in [0.29, 0.717) is 18.9 Å². The summed E-state index contributed by atoms with van der Waals surface area (Å²) < 4.78 is 64.5. The molecule has 2 rings (SSSR count). The summed E-state index contributed by atoms with van der Waals surface area (Å²) in [4.78, 5) is 10.3. The minimum atomic E-state index is -4.67. The van der Waals surface area contributed by atoms with Crippen molar-refractivity contribution in [2.24, 2.45) is 0 Å². The first kappa shape index (κ1) is 21.6. The van der Waals surface area contributed by atoms with Crippen molar-refractivity contribution in [3.8, 4) is 0 Å². The lowest BCUT2D eigenvalue weighted by Gasteiger charge is -2.11. The predicted molar refractivity (Wildman–Crippen MR) is 97.5 cm³/mol. The molecule has 11 heteroatoms. The van der Waals surface area contributed by atoms with Gasteiger partial charge in [0, 0.05) is 19.2 Å². The second-order valence-electron chi connectivity index (χ2n) is 5.83. The van der Waals surface area contributed by atoms with E-state index in [0.717, 1.165) is 12.1 Å². The molecule has 0 aliphatic rings. The van der Waals surface area contributed by atoms with E-state index in [9.17, 15) is 31.7 Å². The molecule has 0 aliphatic carbocycles. The molecule has 0 atom stereocenters. The zero-order chi connectivity index (χ0) is 20.8. The topological polar surface area (TPSA) is 101 Å². The van der Waals surface area contributed by atoms with Crippen molar-refractivity contribution in [3.63, 3.8) is 0 Å². The van der Waals surface area contributed by atoms with Crippen molar-refractivity contribution in [2.75, 3.05) is 18.4 Å². The standard InChI is InChI=1S/C17H18F3N3O4S/c18-17(19,20)13-8-9-15(16(12-13)23(24)25)21-10-4-5-11-22-28(26,27)14-6-2-1-3-7-14/h1-3,6-9,12,21-22H,4-5,10-11H2. The lowest BCUT2D eigenvalue weighted by Crippen LogP contribution is -2.25. The van der Waals surface area contributed by atoms with Gasteiger partial charge in [-0.2, -0.15) is 13.2 Å². The van der Waals surface area contributed by atoms with Crippen LogP contribution in [0.15, 0.2) is 53.4 Å². The number of sulfonamides is 1. The number of rotatable bonds is 9. The van der Waals surface area contributed by atoms with Crippen LogP contribution in [0.25, 0.3) is 0 Å². The lowest BCUT2D eigenvalue weighted by atomic mass is 10.1. The first-order chi connectivity index (χ1) is 13.1. The van der Waals surface area contributed by atoms with E-state index in [4.69, 9.17) is 0 Å². The predicted octanol–water partition coefficient (Wildman–Crippen LogP) is 3.78. The van der Waals surface area contributed by atoms with E-state index in [1.165, 1.54) is 12.1 Å². The van der Waals surface area contributed by atoms with Gasteiger partial charge in [0.15, 0.2) is 0 Å². The fourth-order valence-electron chi connectivity index (χ4n) is 2.37. The van der Waals surface area contributed by atoms with Crippen LogP contribution in [-0.2, 0) is 16.2 Å². The van der Waals surface area contributed by atoms with Crippen LogP contribution >= 0.6 is 0 Å². The van der Waals surface area contributed by atoms with E-state index in [1.54, 1.807) is 18.2 Å². The molecular formula is C17H18F3N3O4S. The van der Waals surface area contributed by atoms with Crippen molar-refractivity contribution in [3.05, 3.63) is 64.2 Å². The Hall–Kier alpha value is -2.66. The van der Waals surface area contributed by atoms with Gasteiger partial charge in [-0.25, -0.2) is 13.1 Å². The summed E-state index contributed by atoms with van der Waals surface area (Å²) in [7, 11) is -3.60. The van der Waals surface area contributed by atoms with E-state index in [-0.39, 0.29) is 23.7 Å². The Morgan fingerprint density at radius 1 is 1.00 bits per heavy atom. The van der Waals surface area contributed by atoms with Gasteiger partial charge in [0.2, 0.25) is 10.0 Å². The van der Waals surface area contributed by atoms with Crippen LogP contribution < -0.4 is 10.0 Å². The number of halogens is 3. The Balaban J connectivity index is 1.85. The second kappa shape index (κ2) is 9.02. The second-order valence-corrected chi connectivity index (χ2v) is 7.60. The number of nitrogens with one attached hydrogen (secondary N) is 2. The van der Waals surface area contributed by atoms with E-state index < -0.39 is 32.4 Å². The molecule has 2 N–H and O–H groups in total. The van der Waals surface area contributed by atoms with Crippen molar-refractivity contribution < 1.29 is 26.5 Å². The quantitative estimate of drug-likeness (QED) is 0.367. The molecule has 152 valence electrons. The Morgan fingerprint density at radius 3 is 2.25 bits per heavy atom. The maximum Gasteiger partial charge on any atom is 0.416 e. The number of alkyl halides is 3. The number of unbranched alkanes of at least 4 members (excludes halogenated alkanes) is 1. The molecule has 2 aromatic rings. The van der Waals surface area contributed by atoms with Crippen LogP contribution in [0.3, 0.4) is 0 Å². The van der Waals surface area contributed by atoms with Gasteiger partial charge in [0.05, 0.1) is 15.4 Å². The van der Waals surface area contributed by atoms with Gasteiger partial charge < -0.3 is 5.32 Å². The molecular weight excluding hydrogens is 399 g/mol. The molecule has 0 aromatic heterocycles. The molecule has 0 amide bonds. The Labute approximate surface area is 159 Å². The average molecular weight is 417 g/mol. The van der Waals surface area contributed by atoms with Gasteiger partial charge in [-0.05, 0) is 37.1 Å². The van der Waals surface area contributed by atoms with Crippen LogP contribution in [0.1, 0.15) is 18.4 Å². The minimum absolute atomic E-state index is 0.0251. The lowest BCUT2D eigenvalue weighted by molar-refractivity contribution is -0.384. The van der Waals surface area contributed by atoms with Crippen LogP contribution in [0.5, 0.6) is 0 Å². The Morgan fingerprint density at radius 2 is 1.64 bits per heavy atom. The van der Waals surface area contributed by atoms with Gasteiger partial charge in [0.1, 0.15) is 5.69 Å². The molecule has 0 aliphatic heterocycles. The third kappa shape index (κ3) is 5.92. The summed E-state index contributed by atoms with van der Waals surface area (Å²) in [6.07, 6.45) is -3.78. The first-order valence-electron chi connectivity index (χ1n) is 8.25. The third-order valence-electron chi connectivity index (χ3n) is 3.79. The third-order valence-corrected chi connectivity index (χ3v) is 5.26. The van der Waals surface area contributed by atoms with Gasteiger partial charge in [-0.1, -0.05) is 18.2 Å². The van der Waals surface area contributed by atoms with Gasteiger partial charge in [-0.3, -0.25) is 10.1 Å². The molecule has 0 spiro atoms. The van der Waals surface area contributed by atoms with E-state index >= 15 is 0 Å². The number of hydrogen-bond acceptors (Lipinski definition) is 5. The molecule has 0 saturated heterocycles. The SMILES string of the molecule is O=[N+]([O-])c1cc(C(F)(F)F)ccc1NCCCCNS(=O)(=O)c1ccccc1. The monoisotopic (exact) mass is 417 g/mol. The highest BCUT2D eigenvalue weighted by molar-refractivity contribution is 7.89. The van der Waals surface area contributed by atoms with Crippen molar-refractivity contribution in [2.45, 2.75) is 23.9 Å². The van der Waals surface area contributed by atoms with Crippen LogP contribution in [0, 0.1) is 10.1 Å². The summed E-state index contributed by atoms with van der Waals surface area (Å²) in [6, 6.07) is 10.1. The molecule has 0 radical (unpaired) electrons. The normalized spacial score (nSPS) is 12.0. The van der Waals surface area contributed by atoms with Gasteiger partial charge in [-0.15, -0.1) is 0 Å². The summed E-state index contributed by atoms with van der Waals surface area (Å²) in [5.41, 5.74) is -1.79. The maximum absolute atomic E-state index is 12.7. The molecule has 7 nitrogen and oxygen atoms in total. The number of nitrogens with zero attached hydrogens (tertiary/aromatic N) is 1. The number of nitro groups is 1. The molecule has 0 unspecified atom stereocenters. The first-order valence-corrected chi connectivity index (χ1v) is 9.74. The largest absolute Gasteiger partial charge is 0.416 e. The molecule has 28 heavy (non-hydrogen) atoms. The highest BCUT2D eigenvalue weighted by atomic mass is 32.2. The van der Waals surface area contributed by atoms with E-state index in [1.807, 2.05) is 0 Å². The minimum Gasteiger partial charge on any atom is -0.379 e. The van der Waals surface area contributed by atoms with Crippen LogP contribution in [0.4, 0.5) is 24.5 Å². The van der Waals surface area contributed by atoms with Crippen LogP contribution in [-0.4, -0.2) is 26.4 Å².